The first-order valence-corrected chi connectivity index (χ1v) is 10.0. The Kier molecular flexibility index (Phi) is 4.20. The van der Waals surface area contributed by atoms with Gasteiger partial charge in [0.1, 0.15) is 0 Å². The van der Waals surface area contributed by atoms with Gasteiger partial charge in [0.15, 0.2) is 11.7 Å². The third-order valence-corrected chi connectivity index (χ3v) is 6.22. The van der Waals surface area contributed by atoms with Crippen molar-refractivity contribution >= 4 is 28.8 Å². The summed E-state index contributed by atoms with van der Waals surface area (Å²) in [5, 5.41) is 6.14. The number of rotatable bonds is 0. The van der Waals surface area contributed by atoms with E-state index in [0.29, 0.717) is 29.1 Å². The van der Waals surface area contributed by atoms with Gasteiger partial charge in [-0.1, -0.05) is 0 Å². The summed E-state index contributed by atoms with van der Waals surface area (Å²) in [6, 6.07) is 4.00. The Morgan fingerprint density at radius 3 is 2.72 bits per heavy atom. The van der Waals surface area contributed by atoms with Crippen LogP contribution in [0.1, 0.15) is 32.3 Å². The van der Waals surface area contributed by atoms with Crippen LogP contribution in [0.25, 0.3) is 0 Å². The van der Waals surface area contributed by atoms with Crippen LogP contribution in [0.15, 0.2) is 33.3 Å². The molecule has 2 unspecified atom stereocenters. The van der Waals surface area contributed by atoms with Gasteiger partial charge in [-0.25, -0.2) is 10.0 Å². The Labute approximate surface area is 167 Å². The molecule has 0 saturated carbocycles. The minimum Gasteiger partial charge on any atom is -0.351 e. The molecule has 0 aliphatic carbocycles. The molecule has 5 rings (SSSR count). The first kappa shape index (κ1) is 18.6. The molecular weight excluding hydrogens is 381 g/mol. The highest BCUT2D eigenvalue weighted by Gasteiger charge is 2.39. The fourth-order valence-corrected chi connectivity index (χ4v) is 4.46. The van der Waals surface area contributed by atoms with E-state index >= 15 is 0 Å². The van der Waals surface area contributed by atoms with E-state index in [2.05, 4.69) is 14.9 Å². The second-order valence-electron chi connectivity index (χ2n) is 8.10. The van der Waals surface area contributed by atoms with Crippen molar-refractivity contribution < 1.29 is 13.2 Å². The number of halogens is 3. The van der Waals surface area contributed by atoms with Crippen LogP contribution in [0.3, 0.4) is 0 Å². The van der Waals surface area contributed by atoms with Crippen LogP contribution in [0.4, 0.5) is 24.5 Å². The lowest BCUT2D eigenvalue weighted by Gasteiger charge is -2.42. The summed E-state index contributed by atoms with van der Waals surface area (Å²) >= 11 is 0. The van der Waals surface area contributed by atoms with Gasteiger partial charge in [-0.15, -0.1) is 0 Å². The van der Waals surface area contributed by atoms with Crippen LogP contribution >= 0.6 is 0 Å². The average molecular weight is 404 g/mol. The van der Waals surface area contributed by atoms with Crippen LogP contribution < -0.4 is 5.01 Å². The second-order valence-corrected chi connectivity index (χ2v) is 8.10. The molecule has 2 saturated heterocycles. The summed E-state index contributed by atoms with van der Waals surface area (Å²) in [4.78, 5) is 14.3. The van der Waals surface area contributed by atoms with Crippen molar-refractivity contribution in [2.45, 2.75) is 44.9 Å². The summed E-state index contributed by atoms with van der Waals surface area (Å²) in [6.45, 7) is 7.59. The van der Waals surface area contributed by atoms with E-state index in [1.165, 1.54) is 18.9 Å². The van der Waals surface area contributed by atoms with Gasteiger partial charge >= 0.3 is 6.18 Å². The Hall–Kier alpha value is -2.42. The summed E-state index contributed by atoms with van der Waals surface area (Å²) in [5.74, 6) is 1.26. The van der Waals surface area contributed by atoms with Crippen LogP contribution in [-0.4, -0.2) is 65.4 Å². The predicted octanol–water partition coefficient (Wildman–Crippen LogP) is 3.51. The van der Waals surface area contributed by atoms with Gasteiger partial charge in [-0.2, -0.15) is 18.3 Å². The second kappa shape index (κ2) is 6.55. The van der Waals surface area contributed by atoms with Crippen LogP contribution in [-0.2, 0) is 6.18 Å². The number of hydrazone groups is 1. The molecule has 0 bridgehead atoms. The number of aliphatic imine (C=N–C) groups is 2. The highest BCUT2D eigenvalue weighted by molar-refractivity contribution is 6.47. The predicted molar refractivity (Wildman–Crippen MR) is 107 cm³/mol. The number of fused-ring (bicyclic) bond motifs is 4. The lowest BCUT2D eigenvalue weighted by atomic mass is 10.1. The summed E-state index contributed by atoms with van der Waals surface area (Å²) < 4.78 is 39.8. The molecule has 2 atom stereocenters. The van der Waals surface area contributed by atoms with E-state index < -0.39 is 11.7 Å². The molecular formula is C20H23F3N6. The maximum atomic E-state index is 13.3. The molecule has 6 nitrogen and oxygen atoms in total. The van der Waals surface area contributed by atoms with Crippen LogP contribution in [0, 0.1) is 0 Å². The third-order valence-electron chi connectivity index (χ3n) is 6.22. The van der Waals surface area contributed by atoms with Crippen LogP contribution in [0.2, 0.25) is 0 Å². The van der Waals surface area contributed by atoms with Gasteiger partial charge in [0.05, 0.1) is 28.7 Å². The molecule has 1 aromatic carbocycles. The lowest BCUT2D eigenvalue weighted by molar-refractivity contribution is -0.137. The lowest BCUT2D eigenvalue weighted by Crippen LogP contribution is -2.56. The summed E-state index contributed by atoms with van der Waals surface area (Å²) in [7, 11) is 0. The molecule has 0 N–H and O–H groups in total. The topological polar surface area (TPSA) is 46.8 Å². The quantitative estimate of drug-likeness (QED) is 0.665. The number of benzene rings is 1. The smallest absolute Gasteiger partial charge is 0.351 e. The van der Waals surface area contributed by atoms with Crippen molar-refractivity contribution in [3.05, 3.63) is 23.8 Å². The highest BCUT2D eigenvalue weighted by Crippen LogP contribution is 2.40. The van der Waals surface area contributed by atoms with Gasteiger partial charge in [0.2, 0.25) is 0 Å². The van der Waals surface area contributed by atoms with E-state index in [1.807, 2.05) is 13.8 Å². The molecule has 29 heavy (non-hydrogen) atoms. The Balaban J connectivity index is 1.58. The number of piperazine rings is 1. The standard InChI is InChI=1S/C20H23F3N6/c1-12-13(2)26-29-17-10-14(20(21,22)23)5-6-16(17)25-18(19(29)24-12)28-9-8-27-7-3-4-15(27)11-28/h5-6,10,12,15H,3-4,7-9,11H2,1-2H3. The molecule has 154 valence electrons. The molecule has 0 aromatic heterocycles. The minimum absolute atomic E-state index is 0.133. The first-order chi connectivity index (χ1) is 13.8. The van der Waals surface area contributed by atoms with E-state index in [9.17, 15) is 13.2 Å². The van der Waals surface area contributed by atoms with Gasteiger partial charge in [0, 0.05) is 25.7 Å². The SMILES string of the molecule is CC1=NN2C(=NC1C)C(N1CCN3CCCC3C1)=Nc1ccc(C(F)(F)F)cc12. The normalized spacial score (nSPS) is 27.0. The number of hydrogen-bond acceptors (Lipinski definition) is 6. The van der Waals surface area contributed by atoms with Gasteiger partial charge < -0.3 is 4.90 Å². The largest absolute Gasteiger partial charge is 0.416 e. The van der Waals surface area contributed by atoms with Crippen molar-refractivity contribution in [3.63, 3.8) is 0 Å². The molecule has 9 heteroatoms. The number of alkyl halides is 3. The number of nitrogens with zero attached hydrogens (tertiary/aromatic N) is 6. The average Bonchev–Trinajstić information content (AvgIpc) is 3.15. The summed E-state index contributed by atoms with van der Waals surface area (Å²) in [5.41, 5.74) is 0.874. The Bertz CT molecular complexity index is 935. The number of amidine groups is 2. The van der Waals surface area contributed by atoms with E-state index in [-0.39, 0.29) is 6.04 Å². The molecule has 4 aliphatic heterocycles. The fourth-order valence-electron chi connectivity index (χ4n) is 4.46. The van der Waals surface area contributed by atoms with Crippen molar-refractivity contribution in [3.8, 4) is 0 Å². The maximum Gasteiger partial charge on any atom is 0.416 e. The molecule has 4 aliphatic rings. The molecule has 0 spiro atoms. The number of hydrogen-bond donors (Lipinski definition) is 0. The van der Waals surface area contributed by atoms with Crippen LogP contribution in [0.5, 0.6) is 0 Å². The zero-order valence-electron chi connectivity index (χ0n) is 16.4. The van der Waals surface area contributed by atoms with Crippen molar-refractivity contribution in [1.82, 2.24) is 9.80 Å². The van der Waals surface area contributed by atoms with Crippen molar-refractivity contribution in [2.24, 2.45) is 15.1 Å². The molecule has 0 radical (unpaired) electrons. The van der Waals surface area contributed by atoms with Crippen molar-refractivity contribution in [1.29, 1.82) is 0 Å². The van der Waals surface area contributed by atoms with E-state index in [4.69, 9.17) is 9.98 Å². The van der Waals surface area contributed by atoms with Crippen molar-refractivity contribution in [2.75, 3.05) is 31.2 Å². The molecule has 4 heterocycles. The zero-order valence-corrected chi connectivity index (χ0v) is 16.4. The highest BCUT2D eigenvalue weighted by atomic mass is 19.4. The third kappa shape index (κ3) is 3.11. The van der Waals surface area contributed by atoms with E-state index in [1.54, 1.807) is 5.01 Å². The minimum atomic E-state index is -4.42. The molecule has 0 amide bonds. The fraction of sp³-hybridized carbons (Fsp3) is 0.550. The van der Waals surface area contributed by atoms with E-state index in [0.717, 1.165) is 44.0 Å². The maximum absolute atomic E-state index is 13.3. The van der Waals surface area contributed by atoms with Gasteiger partial charge in [-0.3, -0.25) is 9.89 Å². The Morgan fingerprint density at radius 2 is 1.93 bits per heavy atom. The first-order valence-electron chi connectivity index (χ1n) is 10.0. The monoisotopic (exact) mass is 404 g/mol. The zero-order chi connectivity index (χ0) is 20.3. The molecule has 1 aromatic rings. The van der Waals surface area contributed by atoms with Gasteiger partial charge in [0.25, 0.3) is 0 Å². The Morgan fingerprint density at radius 1 is 1.10 bits per heavy atom. The number of anilines is 1. The summed E-state index contributed by atoms with van der Waals surface area (Å²) in [6.07, 6.45) is -2.04. The molecule has 2 fully saturated rings. The van der Waals surface area contributed by atoms with Gasteiger partial charge in [-0.05, 0) is 51.4 Å².